The summed E-state index contributed by atoms with van der Waals surface area (Å²) in [6.07, 6.45) is 5.11. The van der Waals surface area contributed by atoms with Crippen LogP contribution in [0, 0.1) is 0 Å². The lowest BCUT2D eigenvalue weighted by atomic mass is 10.1. The molecule has 2 amide bonds. The third-order valence-corrected chi connectivity index (χ3v) is 7.66. The second-order valence-corrected chi connectivity index (χ2v) is 9.65. The Morgan fingerprint density at radius 1 is 1.19 bits per heavy atom. The average molecular weight is 484 g/mol. The number of nitrogens with one attached hydrogen (secondary N) is 2. The van der Waals surface area contributed by atoms with Crippen molar-refractivity contribution in [3.05, 3.63) is 82.1 Å². The SMILES string of the molecule is O=C1Nc2c(ccc(C(=O)NCc3cnc(-n4cccn4)s3)c2Cl)S(=O)c2ccccc21. The summed E-state index contributed by atoms with van der Waals surface area (Å²) in [5.74, 6) is -0.850. The Kier molecular flexibility index (Phi) is 5.33. The van der Waals surface area contributed by atoms with Crippen LogP contribution in [0.3, 0.4) is 0 Å². The third kappa shape index (κ3) is 3.62. The van der Waals surface area contributed by atoms with Crippen molar-refractivity contribution in [3.8, 4) is 5.13 Å². The number of carbonyl (C=O) groups is 2. The maximum atomic E-state index is 13.1. The summed E-state index contributed by atoms with van der Waals surface area (Å²) < 4.78 is 14.7. The van der Waals surface area contributed by atoms with Crippen LogP contribution in [0.25, 0.3) is 5.13 Å². The predicted molar refractivity (Wildman–Crippen MR) is 121 cm³/mol. The first-order chi connectivity index (χ1) is 15.5. The highest BCUT2D eigenvalue weighted by Crippen LogP contribution is 2.37. The predicted octanol–water partition coefficient (Wildman–Crippen LogP) is 3.64. The molecule has 1 aliphatic heterocycles. The number of thiazole rings is 1. The summed E-state index contributed by atoms with van der Waals surface area (Å²) in [6.45, 7) is 0.245. The standard InChI is InChI=1S/C21H14ClN5O3S2/c22-17-14(19(28)23-10-12-11-24-21(31-12)27-9-3-8-25-27)6-7-16-18(17)26-20(29)13-4-1-2-5-15(13)32(16)30/h1-9,11H,10H2,(H,23,28)(H,26,29). The second-order valence-electron chi connectivity index (χ2n) is 6.76. The molecule has 11 heteroatoms. The van der Waals surface area contributed by atoms with E-state index in [-0.39, 0.29) is 22.8 Å². The van der Waals surface area contributed by atoms with Gasteiger partial charge in [-0.3, -0.25) is 9.59 Å². The molecular weight excluding hydrogens is 470 g/mol. The van der Waals surface area contributed by atoms with Crippen LogP contribution in [0.5, 0.6) is 0 Å². The fraction of sp³-hybridized carbons (Fsp3) is 0.0476. The second kappa shape index (κ2) is 8.30. The zero-order valence-electron chi connectivity index (χ0n) is 16.2. The Morgan fingerprint density at radius 2 is 2.03 bits per heavy atom. The van der Waals surface area contributed by atoms with E-state index in [0.29, 0.717) is 20.5 Å². The van der Waals surface area contributed by atoms with E-state index >= 15 is 0 Å². The van der Waals surface area contributed by atoms with Gasteiger partial charge >= 0.3 is 0 Å². The van der Waals surface area contributed by atoms with E-state index in [1.165, 1.54) is 17.4 Å². The van der Waals surface area contributed by atoms with Crippen LogP contribution >= 0.6 is 22.9 Å². The highest BCUT2D eigenvalue weighted by Gasteiger charge is 2.28. The van der Waals surface area contributed by atoms with E-state index in [1.807, 2.05) is 0 Å². The molecule has 3 heterocycles. The smallest absolute Gasteiger partial charge is 0.256 e. The number of hydrogen-bond donors (Lipinski definition) is 2. The number of rotatable bonds is 4. The Bertz CT molecular complexity index is 1380. The van der Waals surface area contributed by atoms with Crippen LogP contribution in [0.15, 0.2) is 70.8 Å². The summed E-state index contributed by atoms with van der Waals surface area (Å²) in [5.41, 5.74) is 0.658. The normalized spacial score (nSPS) is 14.8. The first-order valence-corrected chi connectivity index (χ1v) is 11.7. The number of aromatic nitrogens is 3. The zero-order valence-corrected chi connectivity index (χ0v) is 18.6. The maximum absolute atomic E-state index is 13.1. The van der Waals surface area contributed by atoms with Gasteiger partial charge < -0.3 is 10.6 Å². The van der Waals surface area contributed by atoms with Crippen molar-refractivity contribution in [2.24, 2.45) is 0 Å². The van der Waals surface area contributed by atoms with Gasteiger partial charge in [0.2, 0.25) is 5.13 Å². The lowest BCUT2D eigenvalue weighted by Gasteiger charge is -2.12. The quantitative estimate of drug-likeness (QED) is 0.461. The van der Waals surface area contributed by atoms with Crippen molar-refractivity contribution in [1.82, 2.24) is 20.1 Å². The van der Waals surface area contributed by atoms with Gasteiger partial charge in [-0.1, -0.05) is 35.1 Å². The molecule has 8 nitrogen and oxygen atoms in total. The molecule has 0 spiro atoms. The minimum atomic E-state index is -1.62. The van der Waals surface area contributed by atoms with Crippen LogP contribution in [0.4, 0.5) is 5.69 Å². The molecular formula is C21H14ClN5O3S2. The number of nitrogens with zero attached hydrogens (tertiary/aromatic N) is 3. The van der Waals surface area contributed by atoms with Gasteiger partial charge in [0.15, 0.2) is 0 Å². The Labute approximate surface area is 193 Å². The maximum Gasteiger partial charge on any atom is 0.256 e. The number of carbonyl (C=O) groups excluding carboxylic acids is 2. The summed E-state index contributed by atoms with van der Waals surface area (Å²) >= 11 is 7.89. The zero-order chi connectivity index (χ0) is 22.2. The van der Waals surface area contributed by atoms with E-state index in [9.17, 15) is 13.8 Å². The molecule has 32 heavy (non-hydrogen) atoms. The molecule has 2 aromatic heterocycles. The number of hydrogen-bond acceptors (Lipinski definition) is 6. The van der Waals surface area contributed by atoms with Gasteiger partial charge in [0.05, 0.1) is 49.0 Å². The molecule has 0 aliphatic carbocycles. The van der Waals surface area contributed by atoms with Crippen LogP contribution in [-0.4, -0.2) is 30.8 Å². The molecule has 2 N–H and O–H groups in total. The molecule has 0 bridgehead atoms. The van der Waals surface area contributed by atoms with E-state index < -0.39 is 22.6 Å². The van der Waals surface area contributed by atoms with Crippen LogP contribution in [-0.2, 0) is 17.3 Å². The minimum Gasteiger partial charge on any atom is -0.347 e. The third-order valence-electron chi connectivity index (χ3n) is 4.78. The highest BCUT2D eigenvalue weighted by atomic mass is 35.5. The van der Waals surface area contributed by atoms with Gasteiger partial charge in [-0.15, -0.1) is 0 Å². The summed E-state index contributed by atoms with van der Waals surface area (Å²) in [7, 11) is -1.62. The minimum absolute atomic E-state index is 0.0380. The van der Waals surface area contributed by atoms with E-state index in [4.69, 9.17) is 11.6 Å². The number of anilines is 1. The molecule has 1 atom stereocenters. The van der Waals surface area contributed by atoms with Crippen LogP contribution < -0.4 is 10.6 Å². The molecule has 2 aromatic carbocycles. The summed E-state index contributed by atoms with van der Waals surface area (Å²) in [4.78, 5) is 31.3. The number of amides is 2. The van der Waals surface area contributed by atoms with Crippen molar-refractivity contribution >= 4 is 51.2 Å². The molecule has 0 saturated heterocycles. The van der Waals surface area contributed by atoms with Crippen LogP contribution in [0.2, 0.25) is 5.02 Å². The highest BCUT2D eigenvalue weighted by molar-refractivity contribution is 7.85. The molecule has 1 unspecified atom stereocenters. The Morgan fingerprint density at radius 3 is 2.84 bits per heavy atom. The molecule has 0 fully saturated rings. The van der Waals surface area contributed by atoms with Gasteiger partial charge in [0.25, 0.3) is 11.8 Å². The molecule has 0 saturated carbocycles. The van der Waals surface area contributed by atoms with E-state index in [2.05, 4.69) is 20.7 Å². The van der Waals surface area contributed by atoms with Gasteiger partial charge in [-0.25, -0.2) is 13.9 Å². The number of benzene rings is 2. The molecule has 5 rings (SSSR count). The van der Waals surface area contributed by atoms with Crippen molar-refractivity contribution < 1.29 is 13.8 Å². The molecule has 4 aromatic rings. The van der Waals surface area contributed by atoms with Crippen molar-refractivity contribution in [2.75, 3.05) is 5.32 Å². The first kappa shape index (κ1) is 20.6. The van der Waals surface area contributed by atoms with E-state index in [1.54, 1.807) is 59.7 Å². The lowest BCUT2D eigenvalue weighted by Crippen LogP contribution is -2.23. The van der Waals surface area contributed by atoms with Crippen molar-refractivity contribution in [3.63, 3.8) is 0 Å². The molecule has 1 aliphatic rings. The topological polar surface area (TPSA) is 106 Å². The monoisotopic (exact) mass is 483 g/mol. The average Bonchev–Trinajstić information content (AvgIpc) is 3.48. The Balaban J connectivity index is 1.39. The van der Waals surface area contributed by atoms with Gasteiger partial charge in [0, 0.05) is 23.5 Å². The van der Waals surface area contributed by atoms with Gasteiger partial charge in [-0.05, 0) is 30.3 Å². The fourth-order valence-electron chi connectivity index (χ4n) is 3.25. The Hall–Kier alpha value is -3.34. The largest absolute Gasteiger partial charge is 0.347 e. The number of fused-ring (bicyclic) bond motifs is 2. The van der Waals surface area contributed by atoms with E-state index in [0.717, 1.165) is 4.88 Å². The fourth-order valence-corrected chi connectivity index (χ4v) is 5.72. The number of halogens is 1. The first-order valence-electron chi connectivity index (χ1n) is 9.40. The summed E-state index contributed by atoms with van der Waals surface area (Å²) in [6, 6.07) is 11.5. The van der Waals surface area contributed by atoms with Crippen molar-refractivity contribution in [2.45, 2.75) is 16.3 Å². The van der Waals surface area contributed by atoms with Crippen molar-refractivity contribution in [1.29, 1.82) is 0 Å². The van der Waals surface area contributed by atoms with Gasteiger partial charge in [0.1, 0.15) is 0 Å². The van der Waals surface area contributed by atoms with Crippen LogP contribution in [0.1, 0.15) is 25.6 Å². The summed E-state index contributed by atoms with van der Waals surface area (Å²) in [5, 5.41) is 10.4. The van der Waals surface area contributed by atoms with Gasteiger partial charge in [-0.2, -0.15) is 5.10 Å². The molecule has 0 radical (unpaired) electrons. The lowest BCUT2D eigenvalue weighted by molar-refractivity contribution is 0.0950. The molecule has 160 valence electrons.